The third-order valence-electron chi connectivity index (χ3n) is 1.42. The van der Waals surface area contributed by atoms with Crippen LogP contribution in [0.1, 0.15) is 12.0 Å². The molecule has 0 spiro atoms. The Bertz CT molecular complexity index is 320. The number of alkyl halides is 2. The Morgan fingerprint density at radius 1 is 1.62 bits per heavy atom. The molecule has 3 nitrogen and oxygen atoms in total. The van der Waals surface area contributed by atoms with Gasteiger partial charge in [0.1, 0.15) is 3.70 Å². The average Bonchev–Trinajstić information content (AvgIpc) is 2.07. The van der Waals surface area contributed by atoms with E-state index in [1.54, 1.807) is 22.6 Å². The van der Waals surface area contributed by atoms with Gasteiger partial charge >= 0.3 is 0 Å². The number of hydrogen-bond acceptors (Lipinski definition) is 3. The van der Waals surface area contributed by atoms with E-state index in [9.17, 15) is 8.78 Å². The first-order chi connectivity index (χ1) is 6.06. The maximum absolute atomic E-state index is 12.3. The van der Waals surface area contributed by atoms with Crippen LogP contribution in [0.25, 0.3) is 0 Å². The molecule has 2 N–H and O–H groups in total. The summed E-state index contributed by atoms with van der Waals surface area (Å²) in [6.07, 6.45) is -2.56. The predicted octanol–water partition coefficient (Wildman–Crippen LogP) is 2.21. The summed E-state index contributed by atoms with van der Waals surface area (Å²) in [5.41, 5.74) is 5.37. The Hall–Kier alpha value is -0.660. The van der Waals surface area contributed by atoms with E-state index in [0.29, 0.717) is 0 Å². The van der Waals surface area contributed by atoms with Crippen LogP contribution in [0.3, 0.4) is 0 Å². The van der Waals surface area contributed by atoms with Gasteiger partial charge in [0.2, 0.25) is 5.88 Å². The topological polar surface area (TPSA) is 48.1 Å². The monoisotopic (exact) mass is 300 g/mol. The molecule has 0 aliphatic rings. The summed E-state index contributed by atoms with van der Waals surface area (Å²) in [5, 5.41) is 0. The first-order valence-electron chi connectivity index (χ1n) is 3.34. The number of halogens is 3. The van der Waals surface area contributed by atoms with Crippen molar-refractivity contribution in [2.45, 2.75) is 6.43 Å². The van der Waals surface area contributed by atoms with Crippen molar-refractivity contribution in [3.05, 3.63) is 15.3 Å². The lowest BCUT2D eigenvalue weighted by Crippen LogP contribution is -2.01. The van der Waals surface area contributed by atoms with Gasteiger partial charge in [-0.3, -0.25) is 0 Å². The molecule has 1 aromatic rings. The number of pyridine rings is 1. The largest absolute Gasteiger partial charge is 0.480 e. The van der Waals surface area contributed by atoms with Crippen molar-refractivity contribution in [2.75, 3.05) is 12.8 Å². The molecule has 6 heteroatoms. The average molecular weight is 300 g/mol. The fourth-order valence-corrected chi connectivity index (χ4v) is 1.43. The fourth-order valence-electron chi connectivity index (χ4n) is 0.824. The predicted molar refractivity (Wildman–Crippen MR) is 52.9 cm³/mol. The van der Waals surface area contributed by atoms with Crippen molar-refractivity contribution in [2.24, 2.45) is 0 Å². The summed E-state index contributed by atoms with van der Waals surface area (Å²) in [6.45, 7) is 0. The Morgan fingerprint density at radius 2 is 2.23 bits per heavy atom. The zero-order chi connectivity index (χ0) is 10.0. The molecular weight excluding hydrogens is 293 g/mol. The summed E-state index contributed by atoms with van der Waals surface area (Å²) in [7, 11) is 1.39. The molecular formula is C7H7F2IN2O. The first kappa shape index (κ1) is 10.4. The van der Waals surface area contributed by atoms with E-state index in [4.69, 9.17) is 10.5 Å². The van der Waals surface area contributed by atoms with E-state index < -0.39 is 6.43 Å². The van der Waals surface area contributed by atoms with Gasteiger partial charge in [0.15, 0.2) is 0 Å². The van der Waals surface area contributed by atoms with Crippen molar-refractivity contribution < 1.29 is 13.5 Å². The number of anilines is 1. The minimum absolute atomic E-state index is 0.123. The Balaban J connectivity index is 3.20. The number of methoxy groups -OCH3 is 1. The Kier molecular flexibility index (Phi) is 3.23. The van der Waals surface area contributed by atoms with Gasteiger partial charge in [0.05, 0.1) is 18.4 Å². The van der Waals surface area contributed by atoms with Crippen molar-refractivity contribution in [3.8, 4) is 5.88 Å². The number of nitrogens with zero attached hydrogens (tertiary/aromatic N) is 1. The van der Waals surface area contributed by atoms with Gasteiger partial charge in [-0.2, -0.15) is 0 Å². The highest BCUT2D eigenvalue weighted by Gasteiger charge is 2.15. The molecule has 0 aliphatic carbocycles. The standard InChI is InChI=1S/C7H7F2IN2O/c1-13-7-4(11)2-3(5(8)9)6(10)12-7/h2,5H,11H2,1H3. The number of aromatic nitrogens is 1. The van der Waals surface area contributed by atoms with E-state index in [0.717, 1.165) is 0 Å². The molecule has 13 heavy (non-hydrogen) atoms. The number of hydrogen-bond donors (Lipinski definition) is 1. The van der Waals surface area contributed by atoms with E-state index in [1.165, 1.54) is 13.2 Å². The summed E-state index contributed by atoms with van der Waals surface area (Å²) in [5.74, 6) is 0.175. The third-order valence-corrected chi connectivity index (χ3v) is 2.29. The van der Waals surface area contributed by atoms with Crippen LogP contribution in [0.2, 0.25) is 0 Å². The number of nitrogens with two attached hydrogens (primary N) is 1. The molecule has 1 heterocycles. The lowest BCUT2D eigenvalue weighted by Gasteiger charge is -2.07. The van der Waals surface area contributed by atoms with Gasteiger partial charge in [-0.25, -0.2) is 13.8 Å². The van der Waals surface area contributed by atoms with E-state index in [1.807, 2.05) is 0 Å². The van der Waals surface area contributed by atoms with E-state index in [2.05, 4.69) is 4.98 Å². The summed E-state index contributed by atoms with van der Waals surface area (Å²) < 4.78 is 29.6. The second-order valence-electron chi connectivity index (χ2n) is 2.27. The van der Waals surface area contributed by atoms with Crippen LogP contribution < -0.4 is 10.5 Å². The summed E-state index contributed by atoms with van der Waals surface area (Å²) in [6, 6.07) is 1.18. The number of rotatable bonds is 2. The van der Waals surface area contributed by atoms with Crippen molar-refractivity contribution in [1.82, 2.24) is 4.98 Å². The highest BCUT2D eigenvalue weighted by molar-refractivity contribution is 14.1. The van der Waals surface area contributed by atoms with Crippen LogP contribution >= 0.6 is 22.6 Å². The molecule has 0 atom stereocenters. The second-order valence-corrected chi connectivity index (χ2v) is 3.29. The first-order valence-corrected chi connectivity index (χ1v) is 4.42. The molecule has 0 radical (unpaired) electrons. The van der Waals surface area contributed by atoms with E-state index >= 15 is 0 Å². The zero-order valence-electron chi connectivity index (χ0n) is 6.72. The maximum Gasteiger partial charge on any atom is 0.266 e. The molecule has 0 unspecified atom stereocenters. The van der Waals surface area contributed by atoms with Crippen molar-refractivity contribution in [1.29, 1.82) is 0 Å². The fraction of sp³-hybridized carbons (Fsp3) is 0.286. The SMILES string of the molecule is COc1nc(I)c(C(F)F)cc1N. The Labute approximate surface area is 87.4 Å². The number of nitrogen functional groups attached to an aromatic ring is 1. The number of ether oxygens (including phenoxy) is 1. The lowest BCUT2D eigenvalue weighted by atomic mass is 10.3. The molecule has 1 aromatic heterocycles. The summed E-state index contributed by atoms with van der Waals surface area (Å²) in [4.78, 5) is 3.77. The molecule has 0 saturated carbocycles. The third kappa shape index (κ3) is 2.17. The van der Waals surface area contributed by atoms with Gasteiger partial charge in [-0.15, -0.1) is 0 Å². The van der Waals surface area contributed by atoms with Crippen LogP contribution in [0.4, 0.5) is 14.5 Å². The van der Waals surface area contributed by atoms with Crippen molar-refractivity contribution in [3.63, 3.8) is 0 Å². The molecule has 0 saturated heterocycles. The lowest BCUT2D eigenvalue weighted by molar-refractivity contribution is 0.149. The Morgan fingerprint density at radius 3 is 2.69 bits per heavy atom. The van der Waals surface area contributed by atoms with Crippen LogP contribution in [0.5, 0.6) is 5.88 Å². The van der Waals surface area contributed by atoms with E-state index in [-0.39, 0.29) is 20.8 Å². The molecule has 0 amide bonds. The smallest absolute Gasteiger partial charge is 0.266 e. The van der Waals surface area contributed by atoms with Gasteiger partial charge < -0.3 is 10.5 Å². The normalized spacial score (nSPS) is 10.5. The van der Waals surface area contributed by atoms with Crippen LogP contribution in [0.15, 0.2) is 6.07 Å². The van der Waals surface area contributed by atoms with Gasteiger partial charge in [0.25, 0.3) is 6.43 Å². The minimum atomic E-state index is -2.56. The molecule has 0 fully saturated rings. The highest BCUT2D eigenvalue weighted by atomic mass is 127. The molecule has 72 valence electrons. The van der Waals surface area contributed by atoms with Crippen molar-refractivity contribution >= 4 is 28.3 Å². The highest BCUT2D eigenvalue weighted by Crippen LogP contribution is 2.29. The zero-order valence-corrected chi connectivity index (χ0v) is 8.88. The second kappa shape index (κ2) is 4.03. The van der Waals surface area contributed by atoms with Crippen LogP contribution in [-0.4, -0.2) is 12.1 Å². The summed E-state index contributed by atoms with van der Waals surface area (Å²) >= 11 is 1.71. The molecule has 0 bridgehead atoms. The van der Waals surface area contributed by atoms with Gasteiger partial charge in [0, 0.05) is 0 Å². The minimum Gasteiger partial charge on any atom is -0.480 e. The molecule has 0 aliphatic heterocycles. The van der Waals surface area contributed by atoms with Gasteiger partial charge in [-0.05, 0) is 28.7 Å². The van der Waals surface area contributed by atoms with Crippen LogP contribution in [0, 0.1) is 3.70 Å². The maximum atomic E-state index is 12.3. The van der Waals surface area contributed by atoms with Crippen LogP contribution in [-0.2, 0) is 0 Å². The van der Waals surface area contributed by atoms with Gasteiger partial charge in [-0.1, -0.05) is 0 Å². The quantitative estimate of drug-likeness (QED) is 0.673. The molecule has 1 rings (SSSR count). The molecule has 0 aromatic carbocycles.